The minimum atomic E-state index is -0.607. The molecule has 2 aromatic carbocycles. The molecule has 8 nitrogen and oxygen atoms in total. The molecule has 0 fully saturated rings. The van der Waals surface area contributed by atoms with Crippen molar-refractivity contribution < 1.29 is 23.9 Å². The van der Waals surface area contributed by atoms with Crippen LogP contribution in [0.1, 0.15) is 22.8 Å². The van der Waals surface area contributed by atoms with Crippen molar-refractivity contribution in [3.05, 3.63) is 85.3 Å². The van der Waals surface area contributed by atoms with Crippen molar-refractivity contribution in [2.75, 3.05) is 19.0 Å². The number of carbonyl (C=O) groups is 3. The van der Waals surface area contributed by atoms with Crippen LogP contribution in [0, 0.1) is 0 Å². The number of amides is 1. The number of ether oxygens (including phenoxy) is 2. The van der Waals surface area contributed by atoms with Gasteiger partial charge in [-0.3, -0.25) is 14.2 Å². The topological polar surface area (TPSA) is 104 Å². The average Bonchev–Trinajstić information content (AvgIpc) is 3.08. The highest BCUT2D eigenvalue weighted by atomic mass is 32.1. The largest absolute Gasteiger partial charge is 0.465 e. The molecule has 0 unspecified atom stereocenters. The van der Waals surface area contributed by atoms with Gasteiger partial charge in [-0.15, -0.1) is 11.3 Å². The van der Waals surface area contributed by atoms with Crippen LogP contribution in [0.4, 0.5) is 5.69 Å². The van der Waals surface area contributed by atoms with Crippen LogP contribution in [0.3, 0.4) is 0 Å². The van der Waals surface area contributed by atoms with Gasteiger partial charge in [0, 0.05) is 5.69 Å². The molecule has 1 amide bonds. The second kappa shape index (κ2) is 11.1. The molecule has 3 aromatic rings. The second-order valence-electron chi connectivity index (χ2n) is 6.76. The monoisotopic (exact) mass is 466 g/mol. The number of carbonyl (C=O) groups excluding carboxylic acids is 3. The van der Waals surface area contributed by atoms with Crippen LogP contribution < -0.4 is 20.1 Å². The molecule has 3 rings (SSSR count). The smallest absolute Gasteiger partial charge is 0.337 e. The number of thiazole rings is 1. The molecule has 0 saturated heterocycles. The summed E-state index contributed by atoms with van der Waals surface area (Å²) in [6.45, 7) is 1.59. The van der Waals surface area contributed by atoms with Crippen molar-refractivity contribution in [3.63, 3.8) is 0 Å². The summed E-state index contributed by atoms with van der Waals surface area (Å²) in [5.41, 5.74) is 1.23. The predicted octanol–water partition coefficient (Wildman–Crippen LogP) is 1.51. The van der Waals surface area contributed by atoms with E-state index in [1.54, 1.807) is 61.5 Å². The van der Waals surface area contributed by atoms with E-state index in [4.69, 9.17) is 4.74 Å². The molecule has 0 radical (unpaired) electrons. The van der Waals surface area contributed by atoms with E-state index in [9.17, 15) is 19.2 Å². The van der Waals surface area contributed by atoms with Crippen LogP contribution in [0.2, 0.25) is 0 Å². The Hall–Kier alpha value is -3.98. The maximum atomic E-state index is 13.1. The molecule has 9 heteroatoms. The first-order chi connectivity index (χ1) is 15.9. The van der Waals surface area contributed by atoms with E-state index in [1.807, 2.05) is 6.07 Å². The minimum absolute atomic E-state index is 0.185. The molecule has 0 spiro atoms. The Morgan fingerprint density at radius 1 is 1.06 bits per heavy atom. The number of hydrogen-bond donors (Lipinski definition) is 1. The van der Waals surface area contributed by atoms with E-state index in [1.165, 1.54) is 17.8 Å². The van der Waals surface area contributed by atoms with Gasteiger partial charge in [-0.2, -0.15) is 0 Å². The fourth-order valence-electron chi connectivity index (χ4n) is 2.93. The number of aromatic nitrogens is 1. The highest BCUT2D eigenvalue weighted by molar-refractivity contribution is 7.07. The van der Waals surface area contributed by atoms with Crippen molar-refractivity contribution >= 4 is 47.0 Å². The molecule has 0 aliphatic rings. The Morgan fingerprint density at radius 2 is 1.76 bits per heavy atom. The molecule has 1 N–H and O–H groups in total. The molecule has 0 saturated carbocycles. The Balaban J connectivity index is 1.98. The number of esters is 2. The third kappa shape index (κ3) is 6.27. The zero-order chi connectivity index (χ0) is 23.8. The van der Waals surface area contributed by atoms with Gasteiger partial charge in [0.05, 0.1) is 29.9 Å². The van der Waals surface area contributed by atoms with Crippen molar-refractivity contribution in [1.82, 2.24) is 4.57 Å². The maximum Gasteiger partial charge on any atom is 0.337 e. The number of methoxy groups -OCH3 is 1. The first-order valence-corrected chi connectivity index (χ1v) is 10.9. The van der Waals surface area contributed by atoms with Gasteiger partial charge in [0.15, 0.2) is 0 Å². The number of nitrogens with one attached hydrogen (secondary N) is 1. The lowest BCUT2D eigenvalue weighted by Gasteiger charge is -2.05. The van der Waals surface area contributed by atoms with Gasteiger partial charge in [-0.05, 0) is 42.8 Å². The summed E-state index contributed by atoms with van der Waals surface area (Å²) >= 11 is 1.07. The number of nitrogens with zero attached hydrogens (tertiary/aromatic N) is 1. The second-order valence-corrected chi connectivity index (χ2v) is 7.83. The molecule has 33 heavy (non-hydrogen) atoms. The van der Waals surface area contributed by atoms with E-state index < -0.39 is 23.4 Å². The summed E-state index contributed by atoms with van der Waals surface area (Å²) in [5, 5.41) is 2.73. The standard InChI is InChI=1S/C24H22N2O6S/c1-3-32-22(28)14-21-26(15-20(27)25-18-7-5-4-6-8-18)23(29)19(33-21)13-16-9-11-17(12-10-16)24(30)31-2/h4-14H,3,15H2,1-2H3,(H,25,27). The number of rotatable bonds is 7. The first kappa shape index (κ1) is 23.7. The Labute approximate surface area is 193 Å². The van der Waals surface area contributed by atoms with Crippen molar-refractivity contribution in [1.29, 1.82) is 0 Å². The number of anilines is 1. The summed E-state index contributed by atoms with van der Waals surface area (Å²) in [6, 6.07) is 15.4. The SMILES string of the molecule is CCOC(=O)C=c1sc(=Cc2ccc(C(=O)OC)cc2)c(=O)n1CC(=O)Nc1ccccc1. The third-order valence-electron chi connectivity index (χ3n) is 4.45. The normalized spacial score (nSPS) is 11.8. The quantitative estimate of drug-likeness (QED) is 0.530. The average molecular weight is 467 g/mol. The maximum absolute atomic E-state index is 13.1. The van der Waals surface area contributed by atoms with Gasteiger partial charge in [0.2, 0.25) is 5.91 Å². The number of hydrogen-bond acceptors (Lipinski definition) is 7. The highest BCUT2D eigenvalue weighted by Crippen LogP contribution is 2.07. The third-order valence-corrected chi connectivity index (χ3v) is 5.51. The number of benzene rings is 2. The van der Waals surface area contributed by atoms with Crippen LogP contribution in [0.25, 0.3) is 12.2 Å². The molecule has 1 aromatic heterocycles. The Kier molecular flexibility index (Phi) is 7.93. The lowest BCUT2D eigenvalue weighted by Crippen LogP contribution is -2.36. The summed E-state index contributed by atoms with van der Waals surface area (Å²) in [5.74, 6) is -1.48. The van der Waals surface area contributed by atoms with Crippen molar-refractivity contribution in [2.45, 2.75) is 13.5 Å². The Bertz CT molecular complexity index is 1320. The van der Waals surface area contributed by atoms with Crippen LogP contribution in [0.5, 0.6) is 0 Å². The zero-order valence-electron chi connectivity index (χ0n) is 18.1. The lowest BCUT2D eigenvalue weighted by molar-refractivity contribution is -0.135. The highest BCUT2D eigenvalue weighted by Gasteiger charge is 2.12. The summed E-state index contributed by atoms with van der Waals surface area (Å²) in [4.78, 5) is 49.2. The predicted molar refractivity (Wildman–Crippen MR) is 125 cm³/mol. The van der Waals surface area contributed by atoms with Gasteiger partial charge in [0.25, 0.3) is 5.56 Å². The summed E-state index contributed by atoms with van der Waals surface area (Å²) < 4.78 is 11.5. The van der Waals surface area contributed by atoms with Crippen LogP contribution in [-0.4, -0.2) is 36.1 Å². The fourth-order valence-corrected chi connectivity index (χ4v) is 3.96. The first-order valence-electron chi connectivity index (χ1n) is 10.0. The molecule has 170 valence electrons. The van der Waals surface area contributed by atoms with Crippen LogP contribution in [-0.2, 0) is 25.6 Å². The molecular formula is C24H22N2O6S. The summed E-state index contributed by atoms with van der Waals surface area (Å²) in [6.07, 6.45) is 2.82. The van der Waals surface area contributed by atoms with Crippen molar-refractivity contribution in [2.24, 2.45) is 0 Å². The molecule has 0 aliphatic carbocycles. The summed E-state index contributed by atoms with van der Waals surface area (Å²) in [7, 11) is 1.30. The molecular weight excluding hydrogens is 444 g/mol. The van der Waals surface area contributed by atoms with E-state index >= 15 is 0 Å². The van der Waals surface area contributed by atoms with E-state index in [0.29, 0.717) is 26.0 Å². The molecule has 1 heterocycles. The fraction of sp³-hybridized carbons (Fsp3) is 0.167. The minimum Gasteiger partial charge on any atom is -0.465 e. The zero-order valence-corrected chi connectivity index (χ0v) is 18.9. The van der Waals surface area contributed by atoms with Gasteiger partial charge < -0.3 is 14.8 Å². The van der Waals surface area contributed by atoms with Gasteiger partial charge in [-0.25, -0.2) is 9.59 Å². The lowest BCUT2D eigenvalue weighted by atomic mass is 10.1. The van der Waals surface area contributed by atoms with Gasteiger partial charge >= 0.3 is 11.9 Å². The molecule has 0 atom stereocenters. The number of para-hydroxylation sites is 1. The van der Waals surface area contributed by atoms with E-state index in [0.717, 1.165) is 11.3 Å². The van der Waals surface area contributed by atoms with Crippen molar-refractivity contribution in [3.8, 4) is 0 Å². The van der Waals surface area contributed by atoms with Crippen LogP contribution in [0.15, 0.2) is 59.4 Å². The van der Waals surface area contributed by atoms with Crippen LogP contribution >= 0.6 is 11.3 Å². The van der Waals surface area contributed by atoms with E-state index in [-0.39, 0.29) is 13.2 Å². The van der Waals surface area contributed by atoms with E-state index in [2.05, 4.69) is 10.1 Å². The van der Waals surface area contributed by atoms with Gasteiger partial charge in [0.1, 0.15) is 11.2 Å². The molecule has 0 bridgehead atoms. The Morgan fingerprint density at radius 3 is 2.39 bits per heavy atom. The molecule has 0 aliphatic heterocycles. The van der Waals surface area contributed by atoms with Gasteiger partial charge in [-0.1, -0.05) is 30.3 Å².